The number of amides is 1. The molecule has 2 aromatic carbocycles. The molecule has 12 heteroatoms. The molecule has 1 N–H and O–H groups in total. The van der Waals surface area contributed by atoms with Crippen molar-refractivity contribution in [2.45, 2.75) is 13.1 Å². The molecule has 0 aliphatic heterocycles. The number of ether oxygens (including phenoxy) is 2. The van der Waals surface area contributed by atoms with Crippen LogP contribution >= 0.6 is 0 Å². The number of carbonyl (C=O) groups excluding carboxylic acids is 3. The molecule has 0 unspecified atom stereocenters. The highest BCUT2D eigenvalue weighted by Gasteiger charge is 2.34. The summed E-state index contributed by atoms with van der Waals surface area (Å²) in [6, 6.07) is 14.4. The van der Waals surface area contributed by atoms with Gasteiger partial charge in [-0.05, 0) is 30.3 Å². The Morgan fingerprint density at radius 3 is 2.36 bits per heavy atom. The average molecular weight is 538 g/mol. The number of aryl methyl sites for hydroxylation is 1. The number of nitrogens with zero attached hydrogens (tertiary/aromatic N) is 3. The number of esters is 2. The number of pyridine rings is 1. The predicted octanol–water partition coefficient (Wildman–Crippen LogP) is 5.10. The van der Waals surface area contributed by atoms with Gasteiger partial charge in [0.2, 0.25) is 6.79 Å². The van der Waals surface area contributed by atoms with E-state index in [-0.39, 0.29) is 28.1 Å². The van der Waals surface area contributed by atoms with E-state index < -0.39 is 36.4 Å². The fourth-order valence-corrected chi connectivity index (χ4v) is 3.64. The number of hydrogen-bond acceptors (Lipinski definition) is 7. The summed E-state index contributed by atoms with van der Waals surface area (Å²) >= 11 is 0. The van der Waals surface area contributed by atoms with Gasteiger partial charge in [0, 0.05) is 43.1 Å². The Morgan fingerprint density at radius 1 is 0.974 bits per heavy atom. The van der Waals surface area contributed by atoms with E-state index in [1.54, 1.807) is 37.4 Å². The van der Waals surface area contributed by atoms with Crippen LogP contribution in [0.5, 0.6) is 0 Å². The van der Waals surface area contributed by atoms with Crippen molar-refractivity contribution < 1.29 is 37.0 Å². The van der Waals surface area contributed by atoms with Crippen molar-refractivity contribution in [2.24, 2.45) is 7.05 Å². The first-order chi connectivity index (χ1) is 18.5. The molecule has 4 aromatic rings. The Labute approximate surface area is 220 Å². The van der Waals surface area contributed by atoms with Crippen molar-refractivity contribution in [2.75, 3.05) is 12.1 Å². The Balaban J connectivity index is 1.70. The van der Waals surface area contributed by atoms with Crippen LogP contribution in [0.25, 0.3) is 22.5 Å². The van der Waals surface area contributed by atoms with Gasteiger partial charge in [0.15, 0.2) is 0 Å². The van der Waals surface area contributed by atoms with Gasteiger partial charge in [0.25, 0.3) is 5.91 Å². The second-order valence-electron chi connectivity index (χ2n) is 8.26. The SMILES string of the molecule is CC(=O)OCOC(=O)c1cnc(-c2ccccc2)c(NC(=O)c2ccc(C(F)(F)F)c(-c3ccn(C)n3)c2)c1. The number of carbonyl (C=O) groups is 3. The minimum atomic E-state index is -4.67. The van der Waals surface area contributed by atoms with Crippen LogP contribution in [0, 0.1) is 0 Å². The van der Waals surface area contributed by atoms with Gasteiger partial charge in [0.05, 0.1) is 28.2 Å². The van der Waals surface area contributed by atoms with E-state index in [2.05, 4.69) is 20.1 Å². The number of alkyl halides is 3. The van der Waals surface area contributed by atoms with E-state index in [1.165, 1.54) is 29.2 Å². The molecule has 0 atom stereocenters. The van der Waals surface area contributed by atoms with Crippen LogP contribution in [0.1, 0.15) is 33.2 Å². The van der Waals surface area contributed by atoms with E-state index in [1.807, 2.05) is 0 Å². The first-order valence-electron chi connectivity index (χ1n) is 11.4. The van der Waals surface area contributed by atoms with E-state index in [0.29, 0.717) is 11.3 Å². The Hall–Kier alpha value is -5.00. The standard InChI is InChI=1S/C27H21F3N4O5/c1-16(35)38-15-39-26(37)19-13-23(24(31-14-19)17-6-4-3-5-7-17)32-25(36)18-8-9-21(27(28,29)30)20(12-18)22-10-11-34(2)33-22/h3-14H,15H2,1-2H3,(H,32,36). The zero-order valence-electron chi connectivity index (χ0n) is 20.7. The smallest absolute Gasteiger partial charge is 0.417 e. The van der Waals surface area contributed by atoms with Crippen LogP contribution in [0.2, 0.25) is 0 Å². The quantitative estimate of drug-likeness (QED) is 0.257. The summed E-state index contributed by atoms with van der Waals surface area (Å²) in [5, 5.41) is 6.69. The molecule has 4 rings (SSSR count). The summed E-state index contributed by atoms with van der Waals surface area (Å²) in [6.45, 7) is 0.538. The molecule has 200 valence electrons. The first-order valence-corrected chi connectivity index (χ1v) is 11.4. The molecule has 0 saturated heterocycles. The zero-order valence-corrected chi connectivity index (χ0v) is 20.7. The summed E-state index contributed by atoms with van der Waals surface area (Å²) in [6.07, 6.45) is -1.95. The molecule has 2 heterocycles. The lowest BCUT2D eigenvalue weighted by Crippen LogP contribution is -2.16. The van der Waals surface area contributed by atoms with Crippen LogP contribution in [0.3, 0.4) is 0 Å². The number of aromatic nitrogens is 3. The second-order valence-corrected chi connectivity index (χ2v) is 8.26. The van der Waals surface area contributed by atoms with Crippen molar-refractivity contribution in [1.82, 2.24) is 14.8 Å². The summed E-state index contributed by atoms with van der Waals surface area (Å²) < 4.78 is 51.9. The molecule has 1 amide bonds. The molecule has 39 heavy (non-hydrogen) atoms. The van der Waals surface area contributed by atoms with Crippen LogP contribution in [-0.4, -0.2) is 39.4 Å². The molecule has 0 aliphatic carbocycles. The molecule has 0 bridgehead atoms. The molecule has 0 fully saturated rings. The molecule has 0 saturated carbocycles. The van der Waals surface area contributed by atoms with Gasteiger partial charge < -0.3 is 14.8 Å². The van der Waals surface area contributed by atoms with Crippen molar-refractivity contribution in [3.8, 4) is 22.5 Å². The normalized spacial score (nSPS) is 11.1. The average Bonchev–Trinajstić information content (AvgIpc) is 3.34. The number of benzene rings is 2. The first kappa shape index (κ1) is 27.0. The number of anilines is 1. The number of halogens is 3. The topological polar surface area (TPSA) is 112 Å². The highest BCUT2D eigenvalue weighted by Crippen LogP contribution is 2.37. The maximum atomic E-state index is 13.7. The summed E-state index contributed by atoms with van der Waals surface area (Å²) in [4.78, 5) is 40.9. The molecule has 0 spiro atoms. The maximum absolute atomic E-state index is 13.7. The maximum Gasteiger partial charge on any atom is 0.417 e. The van der Waals surface area contributed by atoms with Crippen molar-refractivity contribution in [3.63, 3.8) is 0 Å². The van der Waals surface area contributed by atoms with Gasteiger partial charge in [-0.2, -0.15) is 18.3 Å². The van der Waals surface area contributed by atoms with Gasteiger partial charge in [0.1, 0.15) is 0 Å². The van der Waals surface area contributed by atoms with Crippen LogP contribution in [-0.2, 0) is 27.5 Å². The van der Waals surface area contributed by atoms with Crippen LogP contribution in [0.4, 0.5) is 18.9 Å². The number of rotatable bonds is 7. The minimum Gasteiger partial charge on any atom is -0.428 e. The summed E-state index contributed by atoms with van der Waals surface area (Å²) in [7, 11) is 1.57. The van der Waals surface area contributed by atoms with Crippen molar-refractivity contribution in [3.05, 3.63) is 89.7 Å². The molecule has 0 radical (unpaired) electrons. The van der Waals surface area contributed by atoms with Crippen molar-refractivity contribution in [1.29, 1.82) is 0 Å². The fraction of sp³-hybridized carbons (Fsp3) is 0.148. The molecule has 2 aromatic heterocycles. The lowest BCUT2D eigenvalue weighted by Gasteiger charge is -2.15. The molecule has 0 aliphatic rings. The summed E-state index contributed by atoms with van der Waals surface area (Å²) in [5.41, 5.74) is -0.284. The monoisotopic (exact) mass is 538 g/mol. The van der Waals surface area contributed by atoms with Gasteiger partial charge in [-0.3, -0.25) is 19.3 Å². The predicted molar refractivity (Wildman–Crippen MR) is 133 cm³/mol. The minimum absolute atomic E-state index is 0.0450. The fourth-order valence-electron chi connectivity index (χ4n) is 3.64. The Morgan fingerprint density at radius 2 is 1.72 bits per heavy atom. The van der Waals surface area contributed by atoms with E-state index in [0.717, 1.165) is 25.1 Å². The van der Waals surface area contributed by atoms with E-state index in [9.17, 15) is 27.6 Å². The third-order valence-corrected chi connectivity index (χ3v) is 5.45. The molecular formula is C27H21F3N4O5. The largest absolute Gasteiger partial charge is 0.428 e. The van der Waals surface area contributed by atoms with Crippen LogP contribution < -0.4 is 5.32 Å². The zero-order chi connectivity index (χ0) is 28.2. The third-order valence-electron chi connectivity index (χ3n) is 5.45. The molecular weight excluding hydrogens is 517 g/mol. The Kier molecular flexibility index (Phi) is 7.75. The Bertz CT molecular complexity index is 1530. The van der Waals surface area contributed by atoms with Gasteiger partial charge in [-0.1, -0.05) is 30.3 Å². The summed E-state index contributed by atoms with van der Waals surface area (Å²) in [5.74, 6) is -2.26. The van der Waals surface area contributed by atoms with Crippen LogP contribution in [0.15, 0.2) is 73.1 Å². The molecule has 9 nitrogen and oxygen atoms in total. The number of nitrogens with one attached hydrogen (secondary N) is 1. The lowest BCUT2D eigenvalue weighted by atomic mass is 10.00. The van der Waals surface area contributed by atoms with E-state index >= 15 is 0 Å². The van der Waals surface area contributed by atoms with Crippen molar-refractivity contribution >= 4 is 23.5 Å². The van der Waals surface area contributed by atoms with Gasteiger partial charge in [-0.15, -0.1) is 0 Å². The van der Waals surface area contributed by atoms with Gasteiger partial charge in [-0.25, -0.2) is 4.79 Å². The van der Waals surface area contributed by atoms with E-state index in [4.69, 9.17) is 4.74 Å². The van der Waals surface area contributed by atoms with Gasteiger partial charge >= 0.3 is 18.1 Å². The highest BCUT2D eigenvalue weighted by atomic mass is 19.4. The highest BCUT2D eigenvalue weighted by molar-refractivity contribution is 6.07. The lowest BCUT2D eigenvalue weighted by molar-refractivity contribution is -0.149. The second kappa shape index (κ2) is 11.2. The third kappa shape index (κ3) is 6.47. The number of hydrogen-bond donors (Lipinski definition) is 1.